The summed E-state index contributed by atoms with van der Waals surface area (Å²) in [5.41, 5.74) is 1.83. The van der Waals surface area contributed by atoms with E-state index in [9.17, 15) is 9.59 Å². The summed E-state index contributed by atoms with van der Waals surface area (Å²) in [4.78, 5) is 22.9. The number of carbonyl (C=O) groups is 2. The Morgan fingerprint density at radius 2 is 1.67 bits per heavy atom. The lowest BCUT2D eigenvalue weighted by Crippen LogP contribution is -2.43. The van der Waals surface area contributed by atoms with Gasteiger partial charge in [-0.25, -0.2) is 9.59 Å². The molecule has 0 spiro atoms. The predicted octanol–water partition coefficient (Wildman–Crippen LogP) is 3.43. The zero-order chi connectivity index (χ0) is 16.0. The van der Waals surface area contributed by atoms with Crippen molar-refractivity contribution in [3.63, 3.8) is 0 Å². The molecule has 2 amide bonds. The predicted molar refractivity (Wildman–Crippen MR) is 83.6 cm³/mol. The van der Waals surface area contributed by atoms with Gasteiger partial charge in [-0.2, -0.15) is 0 Å². The van der Waals surface area contributed by atoms with E-state index in [1.807, 2.05) is 38.1 Å². The van der Waals surface area contributed by atoms with Gasteiger partial charge >= 0.3 is 12.0 Å². The lowest BCUT2D eigenvalue weighted by molar-refractivity contribution is -0.139. The molecular weight excluding hydrogens is 268 g/mol. The molecule has 21 heavy (non-hydrogen) atoms. The molecule has 0 aliphatic heterocycles. The topological polar surface area (TPSA) is 78.4 Å². The Labute approximate surface area is 125 Å². The first-order valence-electron chi connectivity index (χ1n) is 7.20. The molecule has 5 heteroatoms. The molecule has 0 aliphatic rings. The molecule has 116 valence electrons. The fourth-order valence-corrected chi connectivity index (χ4v) is 1.97. The highest BCUT2D eigenvalue weighted by atomic mass is 16.4. The number of urea groups is 1. The first-order valence-corrected chi connectivity index (χ1v) is 7.20. The number of carbonyl (C=O) groups excluding carboxylic acids is 1. The number of hydrogen-bond acceptors (Lipinski definition) is 2. The molecule has 0 saturated carbocycles. The van der Waals surface area contributed by atoms with E-state index in [0.29, 0.717) is 18.0 Å². The first kappa shape index (κ1) is 17.0. The van der Waals surface area contributed by atoms with Gasteiger partial charge in [0.15, 0.2) is 0 Å². The summed E-state index contributed by atoms with van der Waals surface area (Å²) < 4.78 is 0. The standard InChI is InChI=1S/C16H24N2O3/c1-10(2)9-14(15(19)20)18-16(21)17-13-7-5-12(6-8-13)11(3)4/h5-8,10-11,14H,9H2,1-4H3,(H,19,20)(H2,17,18,21)/t14-/m0/s1. The summed E-state index contributed by atoms with van der Waals surface area (Å²) in [6.45, 7) is 8.03. The van der Waals surface area contributed by atoms with Gasteiger partial charge in [0.1, 0.15) is 6.04 Å². The normalized spacial score (nSPS) is 12.3. The van der Waals surface area contributed by atoms with Crippen LogP contribution in [0.2, 0.25) is 0 Å². The van der Waals surface area contributed by atoms with Crippen LogP contribution in [-0.2, 0) is 4.79 Å². The van der Waals surface area contributed by atoms with E-state index in [4.69, 9.17) is 5.11 Å². The van der Waals surface area contributed by atoms with E-state index >= 15 is 0 Å². The van der Waals surface area contributed by atoms with Crippen molar-refractivity contribution in [1.29, 1.82) is 0 Å². The van der Waals surface area contributed by atoms with Crippen molar-refractivity contribution in [3.8, 4) is 0 Å². The van der Waals surface area contributed by atoms with E-state index in [-0.39, 0.29) is 5.92 Å². The van der Waals surface area contributed by atoms with Gasteiger partial charge in [-0.05, 0) is 36.0 Å². The maximum atomic E-state index is 11.8. The Kier molecular flexibility index (Phi) is 6.21. The fraction of sp³-hybridized carbons (Fsp3) is 0.500. The van der Waals surface area contributed by atoms with Crippen molar-refractivity contribution >= 4 is 17.7 Å². The minimum atomic E-state index is -1.02. The Morgan fingerprint density at radius 3 is 2.10 bits per heavy atom. The van der Waals surface area contributed by atoms with Crippen molar-refractivity contribution in [2.75, 3.05) is 5.32 Å². The number of carboxylic acids is 1. The van der Waals surface area contributed by atoms with Crippen molar-refractivity contribution < 1.29 is 14.7 Å². The summed E-state index contributed by atoms with van der Waals surface area (Å²) in [5.74, 6) is -0.402. The average molecular weight is 292 g/mol. The number of amides is 2. The van der Waals surface area contributed by atoms with E-state index in [1.165, 1.54) is 5.56 Å². The molecule has 0 radical (unpaired) electrons. The lowest BCUT2D eigenvalue weighted by Gasteiger charge is -2.17. The molecule has 0 aliphatic carbocycles. The Bertz CT molecular complexity index is 481. The molecule has 0 bridgehead atoms. The SMILES string of the molecule is CC(C)C[C@H](NC(=O)Nc1ccc(C(C)C)cc1)C(=O)O. The Morgan fingerprint density at radius 1 is 1.10 bits per heavy atom. The monoisotopic (exact) mass is 292 g/mol. The second-order valence-electron chi connectivity index (χ2n) is 5.90. The molecule has 5 nitrogen and oxygen atoms in total. The fourth-order valence-electron chi connectivity index (χ4n) is 1.97. The smallest absolute Gasteiger partial charge is 0.326 e. The van der Waals surface area contributed by atoms with Crippen LogP contribution in [0.25, 0.3) is 0 Å². The van der Waals surface area contributed by atoms with Gasteiger partial charge in [-0.15, -0.1) is 0 Å². The number of anilines is 1. The molecule has 1 aromatic carbocycles. The minimum absolute atomic E-state index is 0.191. The zero-order valence-corrected chi connectivity index (χ0v) is 13.0. The highest BCUT2D eigenvalue weighted by Gasteiger charge is 2.20. The molecule has 0 fully saturated rings. The van der Waals surface area contributed by atoms with Gasteiger partial charge in [0, 0.05) is 5.69 Å². The van der Waals surface area contributed by atoms with Crippen LogP contribution in [0, 0.1) is 5.92 Å². The molecular formula is C16H24N2O3. The highest BCUT2D eigenvalue weighted by Crippen LogP contribution is 2.17. The lowest BCUT2D eigenvalue weighted by atomic mass is 10.0. The second kappa shape index (κ2) is 7.67. The third-order valence-corrected chi connectivity index (χ3v) is 3.15. The van der Waals surface area contributed by atoms with Gasteiger partial charge in [0.05, 0.1) is 0 Å². The summed E-state index contributed by atoms with van der Waals surface area (Å²) in [7, 11) is 0. The van der Waals surface area contributed by atoms with Crippen LogP contribution < -0.4 is 10.6 Å². The number of rotatable bonds is 6. The number of nitrogens with one attached hydrogen (secondary N) is 2. The van der Waals surface area contributed by atoms with Gasteiger partial charge in [-0.1, -0.05) is 39.8 Å². The van der Waals surface area contributed by atoms with Gasteiger partial charge in [0.2, 0.25) is 0 Å². The summed E-state index contributed by atoms with van der Waals surface area (Å²) in [5, 5.41) is 14.2. The van der Waals surface area contributed by atoms with E-state index in [0.717, 1.165) is 0 Å². The first-order chi connectivity index (χ1) is 9.79. The Balaban J connectivity index is 2.61. The van der Waals surface area contributed by atoms with E-state index in [1.54, 1.807) is 0 Å². The van der Waals surface area contributed by atoms with Crippen LogP contribution >= 0.6 is 0 Å². The highest BCUT2D eigenvalue weighted by molar-refractivity contribution is 5.92. The summed E-state index contributed by atoms with van der Waals surface area (Å²) in [6, 6.07) is 6.15. The maximum Gasteiger partial charge on any atom is 0.326 e. The summed E-state index contributed by atoms with van der Waals surface area (Å²) in [6.07, 6.45) is 0.398. The van der Waals surface area contributed by atoms with Gasteiger partial charge in [0.25, 0.3) is 0 Å². The quantitative estimate of drug-likeness (QED) is 0.751. The van der Waals surface area contributed by atoms with Crippen LogP contribution in [0.4, 0.5) is 10.5 Å². The number of benzene rings is 1. The molecule has 3 N–H and O–H groups in total. The van der Waals surface area contributed by atoms with Crippen LogP contribution in [0.1, 0.15) is 45.6 Å². The number of aliphatic carboxylic acids is 1. The molecule has 0 saturated heterocycles. The number of carboxylic acid groups (broad SMARTS) is 1. The maximum absolute atomic E-state index is 11.8. The third-order valence-electron chi connectivity index (χ3n) is 3.15. The molecule has 1 rings (SSSR count). The van der Waals surface area contributed by atoms with Crippen molar-refractivity contribution in [3.05, 3.63) is 29.8 Å². The zero-order valence-electron chi connectivity index (χ0n) is 13.0. The Hall–Kier alpha value is -2.04. The summed E-state index contributed by atoms with van der Waals surface area (Å²) >= 11 is 0. The second-order valence-corrected chi connectivity index (χ2v) is 5.90. The van der Waals surface area contributed by atoms with Crippen LogP contribution in [0.3, 0.4) is 0 Å². The molecule has 0 heterocycles. The van der Waals surface area contributed by atoms with Gasteiger partial charge in [-0.3, -0.25) is 0 Å². The third kappa shape index (κ3) is 5.85. The van der Waals surface area contributed by atoms with Crippen LogP contribution in [0.5, 0.6) is 0 Å². The van der Waals surface area contributed by atoms with Crippen LogP contribution in [0.15, 0.2) is 24.3 Å². The number of hydrogen-bond donors (Lipinski definition) is 3. The van der Waals surface area contributed by atoms with Crippen LogP contribution in [-0.4, -0.2) is 23.1 Å². The minimum Gasteiger partial charge on any atom is -0.480 e. The van der Waals surface area contributed by atoms with E-state index < -0.39 is 18.0 Å². The van der Waals surface area contributed by atoms with Crippen molar-refractivity contribution in [1.82, 2.24) is 5.32 Å². The molecule has 1 aromatic rings. The molecule has 0 unspecified atom stereocenters. The van der Waals surface area contributed by atoms with E-state index in [2.05, 4.69) is 24.5 Å². The average Bonchev–Trinajstić information content (AvgIpc) is 2.37. The van der Waals surface area contributed by atoms with Crippen molar-refractivity contribution in [2.45, 2.75) is 46.1 Å². The molecule has 1 atom stereocenters. The van der Waals surface area contributed by atoms with Crippen molar-refractivity contribution in [2.24, 2.45) is 5.92 Å². The largest absolute Gasteiger partial charge is 0.480 e. The van der Waals surface area contributed by atoms with Gasteiger partial charge < -0.3 is 15.7 Å². The molecule has 0 aromatic heterocycles.